The van der Waals surface area contributed by atoms with Crippen molar-refractivity contribution in [3.63, 3.8) is 0 Å². The first-order chi connectivity index (χ1) is 8.72. The number of nitrogens with zero attached hydrogens (tertiary/aromatic N) is 3. The van der Waals surface area contributed by atoms with E-state index in [0.717, 1.165) is 17.6 Å². The maximum atomic E-state index is 5.05. The molecule has 2 rings (SSSR count). The number of thioether (sulfide) groups is 1. The summed E-state index contributed by atoms with van der Waals surface area (Å²) >= 11 is 1.84. The molecule has 0 fully saturated rings. The number of rotatable bonds is 5. The fraction of sp³-hybridized carbons (Fsp3) is 0.750. The lowest BCUT2D eigenvalue weighted by molar-refractivity contribution is 0.372. The van der Waals surface area contributed by atoms with Gasteiger partial charge in [-0.2, -0.15) is 4.98 Å². The molecule has 1 aromatic heterocycles. The van der Waals surface area contributed by atoms with Gasteiger partial charge in [-0.3, -0.25) is 4.99 Å². The van der Waals surface area contributed by atoms with Crippen molar-refractivity contribution in [3.8, 4) is 0 Å². The lowest BCUT2D eigenvalue weighted by Crippen LogP contribution is -2.21. The van der Waals surface area contributed by atoms with Crippen molar-refractivity contribution in [2.45, 2.75) is 45.4 Å². The summed E-state index contributed by atoms with van der Waals surface area (Å²) in [4.78, 5) is 8.69. The molecular weight excluding hydrogens is 248 g/mol. The van der Waals surface area contributed by atoms with Crippen molar-refractivity contribution >= 4 is 16.9 Å². The number of hydrogen-bond donors (Lipinski definition) is 1. The quantitative estimate of drug-likeness (QED) is 0.888. The van der Waals surface area contributed by atoms with Crippen LogP contribution in [0.15, 0.2) is 9.52 Å². The molecule has 1 aromatic rings. The number of aryl methyl sites for hydroxylation is 1. The first kappa shape index (κ1) is 13.4. The van der Waals surface area contributed by atoms with E-state index in [9.17, 15) is 0 Å². The molecule has 0 radical (unpaired) electrons. The third kappa shape index (κ3) is 3.25. The van der Waals surface area contributed by atoms with E-state index in [0.29, 0.717) is 23.5 Å². The monoisotopic (exact) mass is 268 g/mol. The summed E-state index contributed by atoms with van der Waals surface area (Å²) in [7, 11) is 0. The van der Waals surface area contributed by atoms with Crippen LogP contribution >= 0.6 is 11.8 Å². The van der Waals surface area contributed by atoms with E-state index in [1.54, 1.807) is 0 Å². The largest absolute Gasteiger partial charge is 0.356 e. The van der Waals surface area contributed by atoms with Gasteiger partial charge in [-0.25, -0.2) is 0 Å². The molecule has 0 saturated carbocycles. The van der Waals surface area contributed by atoms with Crippen LogP contribution in [0.25, 0.3) is 0 Å². The average molecular weight is 268 g/mol. The SMILES string of the molecule is CCC(CC)C1CN=C(NCc2nc(C)no2)S1. The number of amidine groups is 1. The minimum atomic E-state index is 0.558. The van der Waals surface area contributed by atoms with E-state index in [-0.39, 0.29) is 0 Å². The Morgan fingerprint density at radius 2 is 2.22 bits per heavy atom. The third-order valence-electron chi connectivity index (χ3n) is 3.21. The van der Waals surface area contributed by atoms with Gasteiger partial charge in [0.25, 0.3) is 0 Å². The summed E-state index contributed by atoms with van der Waals surface area (Å²) < 4.78 is 5.05. The Balaban J connectivity index is 1.79. The molecule has 1 atom stereocenters. The molecule has 0 aromatic carbocycles. The van der Waals surface area contributed by atoms with E-state index in [1.165, 1.54) is 12.8 Å². The summed E-state index contributed by atoms with van der Waals surface area (Å²) in [6.07, 6.45) is 2.44. The Hall–Kier alpha value is -1.04. The van der Waals surface area contributed by atoms with Gasteiger partial charge < -0.3 is 9.84 Å². The summed E-state index contributed by atoms with van der Waals surface area (Å²) in [5.74, 6) is 2.04. The highest BCUT2D eigenvalue weighted by Crippen LogP contribution is 2.30. The molecule has 0 spiro atoms. The molecule has 0 saturated heterocycles. The second-order valence-corrected chi connectivity index (χ2v) is 5.70. The molecule has 2 heterocycles. The van der Waals surface area contributed by atoms with Gasteiger partial charge in [0.1, 0.15) is 0 Å². The average Bonchev–Trinajstić information content (AvgIpc) is 2.98. The Morgan fingerprint density at radius 3 is 2.83 bits per heavy atom. The van der Waals surface area contributed by atoms with E-state index in [1.807, 2.05) is 18.7 Å². The predicted octanol–water partition coefficient (Wildman–Crippen LogP) is 2.38. The Kier molecular flexibility index (Phi) is 4.63. The number of aliphatic imine (C=N–C) groups is 1. The van der Waals surface area contributed by atoms with Gasteiger partial charge in [-0.05, 0) is 12.8 Å². The smallest absolute Gasteiger partial charge is 0.245 e. The van der Waals surface area contributed by atoms with Gasteiger partial charge >= 0.3 is 0 Å². The molecule has 1 aliphatic heterocycles. The topological polar surface area (TPSA) is 63.3 Å². The summed E-state index contributed by atoms with van der Waals surface area (Å²) in [5, 5.41) is 8.64. The first-order valence-corrected chi connectivity index (χ1v) is 7.35. The van der Waals surface area contributed by atoms with E-state index in [4.69, 9.17) is 4.52 Å². The molecular formula is C12H20N4OS. The van der Waals surface area contributed by atoms with Crippen LogP contribution in [0, 0.1) is 12.8 Å². The molecule has 5 nitrogen and oxygen atoms in total. The molecule has 1 aliphatic rings. The maximum absolute atomic E-state index is 5.05. The normalized spacial score (nSPS) is 19.3. The molecule has 6 heteroatoms. The molecule has 18 heavy (non-hydrogen) atoms. The van der Waals surface area contributed by atoms with Gasteiger partial charge in [0, 0.05) is 5.25 Å². The highest BCUT2D eigenvalue weighted by Gasteiger charge is 2.25. The van der Waals surface area contributed by atoms with E-state index < -0.39 is 0 Å². The minimum absolute atomic E-state index is 0.558. The van der Waals surface area contributed by atoms with Gasteiger partial charge in [-0.1, -0.05) is 43.6 Å². The van der Waals surface area contributed by atoms with Crippen LogP contribution in [-0.2, 0) is 6.54 Å². The number of nitrogens with one attached hydrogen (secondary N) is 1. The minimum Gasteiger partial charge on any atom is -0.356 e. The second kappa shape index (κ2) is 6.22. The van der Waals surface area contributed by atoms with Crippen LogP contribution in [0.5, 0.6) is 0 Å². The molecule has 0 bridgehead atoms. The first-order valence-electron chi connectivity index (χ1n) is 6.47. The van der Waals surface area contributed by atoms with Crippen molar-refractivity contribution < 1.29 is 4.52 Å². The van der Waals surface area contributed by atoms with E-state index >= 15 is 0 Å². The van der Waals surface area contributed by atoms with Crippen molar-refractivity contribution in [2.24, 2.45) is 10.9 Å². The lowest BCUT2D eigenvalue weighted by Gasteiger charge is -2.18. The fourth-order valence-corrected chi connectivity index (χ4v) is 3.43. The van der Waals surface area contributed by atoms with Crippen LogP contribution in [0.4, 0.5) is 0 Å². The van der Waals surface area contributed by atoms with Crippen LogP contribution in [-0.4, -0.2) is 27.1 Å². The summed E-state index contributed by atoms with van der Waals surface area (Å²) in [6.45, 7) is 7.80. The summed E-state index contributed by atoms with van der Waals surface area (Å²) in [6, 6.07) is 0. The van der Waals surface area contributed by atoms with Crippen LogP contribution < -0.4 is 5.32 Å². The van der Waals surface area contributed by atoms with Gasteiger partial charge in [0.2, 0.25) is 5.89 Å². The number of hydrogen-bond acceptors (Lipinski definition) is 6. The molecule has 1 unspecified atom stereocenters. The second-order valence-electron chi connectivity index (χ2n) is 4.47. The standard InChI is InChI=1S/C12H20N4OS/c1-4-9(5-2)10-6-13-12(18-10)14-7-11-15-8(3)16-17-11/h9-10H,4-7H2,1-3H3,(H,13,14). The van der Waals surface area contributed by atoms with Gasteiger partial charge in [0.15, 0.2) is 11.0 Å². The van der Waals surface area contributed by atoms with Crippen molar-refractivity contribution in [3.05, 3.63) is 11.7 Å². The molecule has 0 aliphatic carbocycles. The summed E-state index contributed by atoms with van der Waals surface area (Å²) in [5.41, 5.74) is 0. The Morgan fingerprint density at radius 1 is 1.44 bits per heavy atom. The molecule has 100 valence electrons. The van der Waals surface area contributed by atoms with Crippen LogP contribution in [0.3, 0.4) is 0 Å². The zero-order chi connectivity index (χ0) is 13.0. The molecule has 1 N–H and O–H groups in total. The Bertz CT molecular complexity index is 414. The van der Waals surface area contributed by atoms with Crippen molar-refractivity contribution in [1.82, 2.24) is 15.5 Å². The predicted molar refractivity (Wildman–Crippen MR) is 73.6 cm³/mol. The highest BCUT2D eigenvalue weighted by atomic mass is 32.2. The maximum Gasteiger partial charge on any atom is 0.245 e. The fourth-order valence-electron chi connectivity index (χ4n) is 2.11. The zero-order valence-electron chi connectivity index (χ0n) is 11.1. The lowest BCUT2D eigenvalue weighted by atomic mass is 9.99. The third-order valence-corrected chi connectivity index (χ3v) is 4.55. The van der Waals surface area contributed by atoms with Crippen LogP contribution in [0.2, 0.25) is 0 Å². The zero-order valence-corrected chi connectivity index (χ0v) is 12.0. The van der Waals surface area contributed by atoms with Crippen molar-refractivity contribution in [1.29, 1.82) is 0 Å². The van der Waals surface area contributed by atoms with Gasteiger partial charge in [0.05, 0.1) is 13.1 Å². The molecule has 0 amide bonds. The Labute approximate surface area is 112 Å². The van der Waals surface area contributed by atoms with Crippen molar-refractivity contribution in [2.75, 3.05) is 6.54 Å². The van der Waals surface area contributed by atoms with E-state index in [2.05, 4.69) is 34.3 Å². The van der Waals surface area contributed by atoms with Gasteiger partial charge in [-0.15, -0.1) is 0 Å². The highest BCUT2D eigenvalue weighted by molar-refractivity contribution is 8.14. The van der Waals surface area contributed by atoms with Crippen LogP contribution in [0.1, 0.15) is 38.4 Å². The number of aromatic nitrogens is 2.